The maximum absolute atomic E-state index is 12.1. The molecule has 1 N–H and O–H groups in total. The predicted octanol–water partition coefficient (Wildman–Crippen LogP) is 1.33. The summed E-state index contributed by atoms with van der Waals surface area (Å²) in [6, 6.07) is 8.07. The van der Waals surface area contributed by atoms with Gasteiger partial charge in [0.2, 0.25) is 17.7 Å². The van der Waals surface area contributed by atoms with E-state index < -0.39 is 0 Å². The monoisotopic (exact) mass is 286 g/mol. The van der Waals surface area contributed by atoms with Crippen molar-refractivity contribution in [3.05, 3.63) is 35.4 Å². The van der Waals surface area contributed by atoms with E-state index in [1.165, 1.54) is 5.56 Å². The number of nitrogens with one attached hydrogen (secondary N) is 1. The second kappa shape index (κ2) is 5.68. The zero-order chi connectivity index (χ0) is 14.8. The summed E-state index contributed by atoms with van der Waals surface area (Å²) in [6.07, 6.45) is 3.40. The third kappa shape index (κ3) is 2.82. The van der Waals surface area contributed by atoms with Gasteiger partial charge in [0.15, 0.2) is 0 Å². The molecule has 0 radical (unpaired) electrons. The number of hydrogen-bond donors (Lipinski definition) is 1. The number of imide groups is 1. The lowest BCUT2D eigenvalue weighted by Gasteiger charge is -2.27. The summed E-state index contributed by atoms with van der Waals surface area (Å²) in [4.78, 5) is 36.2. The van der Waals surface area contributed by atoms with Crippen molar-refractivity contribution in [3.63, 3.8) is 0 Å². The lowest BCUT2D eigenvalue weighted by molar-refractivity contribution is -0.142. The second-order valence-electron chi connectivity index (χ2n) is 5.58. The van der Waals surface area contributed by atoms with Crippen LogP contribution in [-0.2, 0) is 20.8 Å². The van der Waals surface area contributed by atoms with Gasteiger partial charge in [-0.2, -0.15) is 0 Å². The van der Waals surface area contributed by atoms with E-state index in [4.69, 9.17) is 0 Å². The van der Waals surface area contributed by atoms with E-state index in [1.807, 2.05) is 18.2 Å². The summed E-state index contributed by atoms with van der Waals surface area (Å²) < 4.78 is 0. The number of nitrogens with zero attached hydrogens (tertiary/aromatic N) is 1. The van der Waals surface area contributed by atoms with E-state index in [9.17, 15) is 14.4 Å². The molecule has 1 aromatic rings. The first-order valence-corrected chi connectivity index (χ1v) is 7.35. The largest absolute Gasteiger partial charge is 0.348 e. The van der Waals surface area contributed by atoms with Crippen molar-refractivity contribution in [2.24, 2.45) is 0 Å². The molecule has 21 heavy (non-hydrogen) atoms. The first kappa shape index (κ1) is 13.8. The number of benzene rings is 1. The van der Waals surface area contributed by atoms with Crippen LogP contribution >= 0.6 is 0 Å². The molecule has 1 heterocycles. The van der Waals surface area contributed by atoms with Crippen molar-refractivity contribution >= 4 is 17.7 Å². The highest BCUT2D eigenvalue weighted by molar-refractivity contribution is 6.04. The van der Waals surface area contributed by atoms with Crippen LogP contribution < -0.4 is 5.32 Å². The molecular formula is C16H18N2O3. The van der Waals surface area contributed by atoms with Crippen LogP contribution in [0, 0.1) is 0 Å². The van der Waals surface area contributed by atoms with Crippen molar-refractivity contribution in [2.75, 3.05) is 6.54 Å². The Kier molecular flexibility index (Phi) is 3.73. The fraction of sp³-hybridized carbons (Fsp3) is 0.438. The van der Waals surface area contributed by atoms with E-state index in [-0.39, 0.29) is 43.1 Å². The van der Waals surface area contributed by atoms with Crippen molar-refractivity contribution in [1.29, 1.82) is 0 Å². The predicted molar refractivity (Wildman–Crippen MR) is 76.2 cm³/mol. The van der Waals surface area contributed by atoms with Crippen molar-refractivity contribution in [1.82, 2.24) is 10.2 Å². The molecular weight excluding hydrogens is 268 g/mol. The summed E-state index contributed by atoms with van der Waals surface area (Å²) in [5.41, 5.74) is 2.42. The van der Waals surface area contributed by atoms with Gasteiger partial charge in [0.25, 0.3) is 0 Å². The topological polar surface area (TPSA) is 66.5 Å². The Balaban J connectivity index is 1.66. The highest BCUT2D eigenvalue weighted by Crippen LogP contribution is 2.29. The van der Waals surface area contributed by atoms with Gasteiger partial charge in [-0.05, 0) is 30.4 Å². The molecule has 1 aliphatic carbocycles. The first-order valence-electron chi connectivity index (χ1n) is 7.35. The lowest BCUT2D eigenvalue weighted by atomic mass is 9.88. The van der Waals surface area contributed by atoms with Crippen molar-refractivity contribution in [3.8, 4) is 0 Å². The third-order valence-corrected chi connectivity index (χ3v) is 4.16. The molecule has 1 unspecified atom stereocenters. The second-order valence-corrected chi connectivity index (χ2v) is 5.58. The summed E-state index contributed by atoms with van der Waals surface area (Å²) in [6.45, 7) is -0.156. The van der Waals surface area contributed by atoms with E-state index in [0.29, 0.717) is 0 Å². The SMILES string of the molecule is O=C(CN1C(=O)CCC1=O)NC1CCCc2ccccc21. The van der Waals surface area contributed by atoms with Crippen molar-refractivity contribution < 1.29 is 14.4 Å². The summed E-state index contributed by atoms with van der Waals surface area (Å²) in [5, 5.41) is 2.96. The van der Waals surface area contributed by atoms with Gasteiger partial charge in [0, 0.05) is 12.8 Å². The Bertz CT molecular complexity index is 581. The number of carbonyl (C=O) groups excluding carboxylic acids is 3. The lowest BCUT2D eigenvalue weighted by Crippen LogP contribution is -2.41. The molecule has 1 atom stereocenters. The minimum atomic E-state index is -0.264. The Morgan fingerprint density at radius 2 is 1.86 bits per heavy atom. The van der Waals surface area contributed by atoms with E-state index in [2.05, 4.69) is 11.4 Å². The molecule has 1 aromatic carbocycles. The van der Waals surface area contributed by atoms with Gasteiger partial charge in [-0.15, -0.1) is 0 Å². The number of likely N-dealkylation sites (tertiary alicyclic amines) is 1. The van der Waals surface area contributed by atoms with Gasteiger partial charge in [-0.1, -0.05) is 24.3 Å². The molecule has 110 valence electrons. The number of fused-ring (bicyclic) bond motifs is 1. The first-order chi connectivity index (χ1) is 10.1. The standard InChI is InChI=1S/C16H18N2O3/c19-14(10-18-15(20)8-9-16(18)21)17-13-7-3-5-11-4-1-2-6-12(11)13/h1-2,4,6,13H,3,5,7-10H2,(H,17,19). The van der Waals surface area contributed by atoms with E-state index >= 15 is 0 Å². The number of aryl methyl sites for hydroxylation is 1. The van der Waals surface area contributed by atoms with Crippen LogP contribution in [0.2, 0.25) is 0 Å². The fourth-order valence-corrected chi connectivity index (χ4v) is 3.09. The van der Waals surface area contributed by atoms with E-state index in [1.54, 1.807) is 0 Å². The summed E-state index contributed by atoms with van der Waals surface area (Å²) in [7, 11) is 0. The molecule has 1 aliphatic heterocycles. The van der Waals surface area contributed by atoms with E-state index in [0.717, 1.165) is 29.7 Å². The molecule has 1 saturated heterocycles. The summed E-state index contributed by atoms with van der Waals surface area (Å²) >= 11 is 0. The van der Waals surface area contributed by atoms with Gasteiger partial charge >= 0.3 is 0 Å². The Morgan fingerprint density at radius 3 is 2.62 bits per heavy atom. The number of carbonyl (C=O) groups is 3. The molecule has 0 aromatic heterocycles. The van der Waals surface area contributed by atoms with Gasteiger partial charge in [-0.3, -0.25) is 19.3 Å². The highest BCUT2D eigenvalue weighted by atomic mass is 16.2. The van der Waals surface area contributed by atoms with Crippen LogP contribution in [0.5, 0.6) is 0 Å². The fourth-order valence-electron chi connectivity index (χ4n) is 3.09. The molecule has 5 nitrogen and oxygen atoms in total. The Morgan fingerprint density at radius 1 is 1.14 bits per heavy atom. The van der Waals surface area contributed by atoms with Gasteiger partial charge in [0.05, 0.1) is 6.04 Å². The smallest absolute Gasteiger partial charge is 0.240 e. The average molecular weight is 286 g/mol. The molecule has 1 fully saturated rings. The van der Waals surface area contributed by atoms with Crippen LogP contribution in [0.25, 0.3) is 0 Å². The molecule has 0 bridgehead atoms. The van der Waals surface area contributed by atoms with Crippen LogP contribution in [0.15, 0.2) is 24.3 Å². The van der Waals surface area contributed by atoms with Crippen LogP contribution in [-0.4, -0.2) is 29.2 Å². The Hall–Kier alpha value is -2.17. The third-order valence-electron chi connectivity index (χ3n) is 4.16. The molecule has 2 aliphatic rings. The number of amides is 3. The number of hydrogen-bond acceptors (Lipinski definition) is 3. The molecule has 0 saturated carbocycles. The maximum atomic E-state index is 12.1. The molecule has 5 heteroatoms. The minimum absolute atomic E-state index is 0.0183. The van der Waals surface area contributed by atoms with Crippen LogP contribution in [0.1, 0.15) is 42.9 Å². The molecule has 0 spiro atoms. The average Bonchev–Trinajstić information content (AvgIpc) is 2.79. The maximum Gasteiger partial charge on any atom is 0.240 e. The van der Waals surface area contributed by atoms with Gasteiger partial charge in [0.1, 0.15) is 6.54 Å². The van der Waals surface area contributed by atoms with Crippen LogP contribution in [0.3, 0.4) is 0 Å². The normalized spacial score (nSPS) is 21.3. The molecule has 3 rings (SSSR count). The van der Waals surface area contributed by atoms with Gasteiger partial charge in [-0.25, -0.2) is 0 Å². The zero-order valence-electron chi connectivity index (χ0n) is 11.8. The van der Waals surface area contributed by atoms with Gasteiger partial charge < -0.3 is 5.32 Å². The van der Waals surface area contributed by atoms with Crippen molar-refractivity contribution in [2.45, 2.75) is 38.1 Å². The number of rotatable bonds is 3. The Labute approximate surface area is 123 Å². The summed E-state index contributed by atoms with van der Waals surface area (Å²) in [5.74, 6) is -0.765. The quantitative estimate of drug-likeness (QED) is 0.852. The molecule has 3 amide bonds. The highest BCUT2D eigenvalue weighted by Gasteiger charge is 2.31. The van der Waals surface area contributed by atoms with Crippen LogP contribution in [0.4, 0.5) is 0 Å². The zero-order valence-corrected chi connectivity index (χ0v) is 11.8. The minimum Gasteiger partial charge on any atom is -0.348 e.